The summed E-state index contributed by atoms with van der Waals surface area (Å²) in [5.41, 5.74) is 0. The van der Waals surface area contributed by atoms with Crippen molar-refractivity contribution in [2.24, 2.45) is 11.8 Å². The van der Waals surface area contributed by atoms with Crippen LogP contribution in [-0.4, -0.2) is 44.3 Å². The van der Waals surface area contributed by atoms with Gasteiger partial charge in [-0.15, -0.1) is 0 Å². The van der Waals surface area contributed by atoms with Gasteiger partial charge in [0.05, 0.1) is 6.61 Å². The van der Waals surface area contributed by atoms with Crippen LogP contribution in [0.15, 0.2) is 0 Å². The van der Waals surface area contributed by atoms with Crippen molar-refractivity contribution in [3.8, 4) is 0 Å². The van der Waals surface area contributed by atoms with Crippen molar-refractivity contribution in [2.75, 3.05) is 26.3 Å². The number of sulfonamides is 1. The lowest BCUT2D eigenvalue weighted by Crippen LogP contribution is -2.44. The predicted molar refractivity (Wildman–Crippen MR) is 67.3 cm³/mol. The van der Waals surface area contributed by atoms with Crippen LogP contribution in [0.3, 0.4) is 0 Å². The van der Waals surface area contributed by atoms with Gasteiger partial charge in [-0.05, 0) is 31.1 Å². The summed E-state index contributed by atoms with van der Waals surface area (Å²) in [6.45, 7) is 6.81. The lowest BCUT2D eigenvalue weighted by molar-refractivity contribution is 0.196. The molecule has 0 aliphatic carbocycles. The zero-order valence-corrected chi connectivity index (χ0v) is 11.6. The monoisotopic (exact) mass is 261 g/mol. The van der Waals surface area contributed by atoms with Gasteiger partial charge in [-0.1, -0.05) is 13.8 Å². The van der Waals surface area contributed by atoms with Gasteiger partial charge in [0.2, 0.25) is 10.0 Å². The maximum absolute atomic E-state index is 12.3. The molecule has 2 aliphatic heterocycles. The molecule has 4 nitrogen and oxygen atoms in total. The summed E-state index contributed by atoms with van der Waals surface area (Å²) in [5, 5.41) is -0.293. The molecule has 0 radical (unpaired) electrons. The van der Waals surface area contributed by atoms with Gasteiger partial charge < -0.3 is 4.74 Å². The average Bonchev–Trinajstić information content (AvgIpc) is 2.83. The average molecular weight is 261 g/mol. The Morgan fingerprint density at radius 1 is 1.18 bits per heavy atom. The summed E-state index contributed by atoms with van der Waals surface area (Å²) >= 11 is 0. The van der Waals surface area contributed by atoms with Crippen LogP contribution in [0, 0.1) is 11.8 Å². The van der Waals surface area contributed by atoms with Crippen molar-refractivity contribution in [2.45, 2.75) is 38.4 Å². The molecule has 2 aliphatic rings. The van der Waals surface area contributed by atoms with Gasteiger partial charge in [-0.2, -0.15) is 0 Å². The molecular formula is C12H23NO3S. The van der Waals surface area contributed by atoms with Gasteiger partial charge in [0.15, 0.2) is 0 Å². The second kappa shape index (κ2) is 5.24. The van der Waals surface area contributed by atoms with E-state index in [0.717, 1.165) is 12.8 Å². The van der Waals surface area contributed by atoms with Crippen molar-refractivity contribution in [3.63, 3.8) is 0 Å². The number of ether oxygens (including phenoxy) is 1. The van der Waals surface area contributed by atoms with Gasteiger partial charge in [-0.3, -0.25) is 0 Å². The first kappa shape index (κ1) is 13.3. The standard InChI is InChI=1S/C12H23NO3S/c1-10(2)11-3-6-13(7-4-11)17(14,15)12-5-8-16-9-12/h10-12H,3-9H2,1-2H3. The highest BCUT2D eigenvalue weighted by Crippen LogP contribution is 2.28. The SMILES string of the molecule is CC(C)C1CCN(S(=O)(=O)C2CCOC2)CC1. The molecule has 1 atom stereocenters. The number of piperidine rings is 1. The summed E-state index contributed by atoms with van der Waals surface area (Å²) in [6.07, 6.45) is 2.67. The van der Waals surface area contributed by atoms with Gasteiger partial charge >= 0.3 is 0 Å². The minimum Gasteiger partial charge on any atom is -0.380 e. The molecule has 2 saturated heterocycles. The topological polar surface area (TPSA) is 46.6 Å². The summed E-state index contributed by atoms with van der Waals surface area (Å²) in [7, 11) is -3.10. The molecule has 0 amide bonds. The van der Waals surface area contributed by atoms with E-state index in [0.29, 0.717) is 44.6 Å². The van der Waals surface area contributed by atoms with E-state index < -0.39 is 10.0 Å². The third-order valence-electron chi connectivity index (χ3n) is 4.11. The molecule has 0 spiro atoms. The Balaban J connectivity index is 1.95. The van der Waals surface area contributed by atoms with Crippen LogP contribution in [0.1, 0.15) is 33.1 Å². The first-order chi connectivity index (χ1) is 8.01. The lowest BCUT2D eigenvalue weighted by atomic mass is 9.87. The van der Waals surface area contributed by atoms with Crippen molar-refractivity contribution >= 4 is 10.0 Å². The van der Waals surface area contributed by atoms with Gasteiger partial charge in [0.25, 0.3) is 0 Å². The number of nitrogens with zero attached hydrogens (tertiary/aromatic N) is 1. The number of hydrogen-bond donors (Lipinski definition) is 0. The second-order valence-corrected chi connectivity index (χ2v) is 7.72. The summed E-state index contributed by atoms with van der Waals surface area (Å²) in [4.78, 5) is 0. The fourth-order valence-electron chi connectivity index (χ4n) is 2.76. The number of rotatable bonds is 3. The summed E-state index contributed by atoms with van der Waals surface area (Å²) < 4.78 is 31.5. The summed E-state index contributed by atoms with van der Waals surface area (Å²) in [6, 6.07) is 0. The Bertz CT molecular complexity index is 339. The molecule has 0 N–H and O–H groups in total. The van der Waals surface area contributed by atoms with E-state index in [4.69, 9.17) is 4.74 Å². The van der Waals surface area contributed by atoms with Crippen LogP contribution in [0.5, 0.6) is 0 Å². The molecule has 2 fully saturated rings. The Labute approximate surface area is 104 Å². The highest BCUT2D eigenvalue weighted by atomic mass is 32.2. The van der Waals surface area contributed by atoms with Gasteiger partial charge in [-0.25, -0.2) is 12.7 Å². The van der Waals surface area contributed by atoms with Gasteiger partial charge in [0, 0.05) is 19.7 Å². The molecule has 17 heavy (non-hydrogen) atoms. The van der Waals surface area contributed by atoms with E-state index in [-0.39, 0.29) is 5.25 Å². The van der Waals surface area contributed by atoms with E-state index in [1.807, 2.05) is 0 Å². The minimum atomic E-state index is -3.10. The van der Waals surface area contributed by atoms with Crippen molar-refractivity contribution in [1.29, 1.82) is 0 Å². The van der Waals surface area contributed by atoms with Crippen LogP contribution in [0.25, 0.3) is 0 Å². The quantitative estimate of drug-likeness (QED) is 0.773. The normalized spacial score (nSPS) is 29.0. The fourth-order valence-corrected chi connectivity index (χ4v) is 4.56. The zero-order valence-electron chi connectivity index (χ0n) is 10.8. The van der Waals surface area contributed by atoms with Crippen LogP contribution in [0.4, 0.5) is 0 Å². The van der Waals surface area contributed by atoms with Crippen molar-refractivity contribution < 1.29 is 13.2 Å². The predicted octanol–water partition coefficient (Wildman–Crippen LogP) is 1.47. The summed E-state index contributed by atoms with van der Waals surface area (Å²) in [5.74, 6) is 1.34. The van der Waals surface area contributed by atoms with Crippen LogP contribution >= 0.6 is 0 Å². The van der Waals surface area contributed by atoms with E-state index in [9.17, 15) is 8.42 Å². The van der Waals surface area contributed by atoms with E-state index in [2.05, 4.69) is 13.8 Å². The van der Waals surface area contributed by atoms with E-state index in [1.165, 1.54) is 0 Å². The Morgan fingerprint density at radius 3 is 2.29 bits per heavy atom. The molecular weight excluding hydrogens is 238 g/mol. The molecule has 1 unspecified atom stereocenters. The molecule has 0 aromatic heterocycles. The highest BCUT2D eigenvalue weighted by molar-refractivity contribution is 7.89. The maximum Gasteiger partial charge on any atom is 0.219 e. The van der Waals surface area contributed by atoms with Gasteiger partial charge in [0.1, 0.15) is 5.25 Å². The zero-order chi connectivity index (χ0) is 12.5. The Hall–Kier alpha value is -0.130. The minimum absolute atomic E-state index is 0.293. The van der Waals surface area contributed by atoms with Crippen LogP contribution in [-0.2, 0) is 14.8 Å². The molecule has 100 valence electrons. The molecule has 0 bridgehead atoms. The number of hydrogen-bond acceptors (Lipinski definition) is 3. The van der Waals surface area contributed by atoms with Crippen LogP contribution in [0.2, 0.25) is 0 Å². The van der Waals surface area contributed by atoms with Crippen LogP contribution < -0.4 is 0 Å². The molecule has 0 saturated carbocycles. The van der Waals surface area contributed by atoms with E-state index in [1.54, 1.807) is 4.31 Å². The Morgan fingerprint density at radius 2 is 1.82 bits per heavy atom. The smallest absolute Gasteiger partial charge is 0.219 e. The van der Waals surface area contributed by atoms with Crippen molar-refractivity contribution in [1.82, 2.24) is 4.31 Å². The molecule has 2 rings (SSSR count). The first-order valence-corrected chi connectivity index (χ1v) is 8.09. The Kier molecular flexibility index (Phi) is 4.10. The molecule has 2 heterocycles. The third kappa shape index (κ3) is 2.83. The first-order valence-electron chi connectivity index (χ1n) is 6.58. The lowest BCUT2D eigenvalue weighted by Gasteiger charge is -2.34. The highest BCUT2D eigenvalue weighted by Gasteiger charge is 2.36. The van der Waals surface area contributed by atoms with Crippen molar-refractivity contribution in [3.05, 3.63) is 0 Å². The molecule has 0 aromatic carbocycles. The third-order valence-corrected chi connectivity index (χ3v) is 6.41. The molecule has 0 aromatic rings. The van der Waals surface area contributed by atoms with E-state index >= 15 is 0 Å². The second-order valence-electron chi connectivity index (χ2n) is 5.51. The fraction of sp³-hybridized carbons (Fsp3) is 1.00. The maximum atomic E-state index is 12.3. The molecule has 5 heteroatoms. The largest absolute Gasteiger partial charge is 0.380 e.